The standard InChI is InChI=1S/C17H24N2O3/c20-14-4-1-3-12(9-14)11-19-17(21)13-7-8-18-16(10-13)22-15-5-2-6-15/h7-8,10,12,14-15,20H,1-6,9,11H2,(H,19,21). The van der Waals surface area contributed by atoms with Crippen molar-refractivity contribution in [3.63, 3.8) is 0 Å². The topological polar surface area (TPSA) is 71.5 Å². The van der Waals surface area contributed by atoms with E-state index in [-0.39, 0.29) is 18.1 Å². The second kappa shape index (κ2) is 7.09. The molecule has 0 aliphatic heterocycles. The number of aliphatic hydroxyl groups is 1. The van der Waals surface area contributed by atoms with Crippen molar-refractivity contribution in [3.8, 4) is 5.88 Å². The molecule has 1 heterocycles. The average molecular weight is 304 g/mol. The minimum atomic E-state index is -0.209. The van der Waals surface area contributed by atoms with Gasteiger partial charge < -0.3 is 15.2 Å². The van der Waals surface area contributed by atoms with Crippen LogP contribution < -0.4 is 10.1 Å². The van der Waals surface area contributed by atoms with Gasteiger partial charge in [-0.3, -0.25) is 4.79 Å². The molecule has 120 valence electrons. The Morgan fingerprint density at radius 2 is 2.14 bits per heavy atom. The van der Waals surface area contributed by atoms with Crippen LogP contribution in [0.3, 0.4) is 0 Å². The Bertz CT molecular complexity index is 516. The number of carbonyl (C=O) groups excluding carboxylic acids is 1. The Kier molecular flexibility index (Phi) is 4.93. The highest BCUT2D eigenvalue weighted by Crippen LogP contribution is 2.25. The molecule has 2 unspecified atom stereocenters. The summed E-state index contributed by atoms with van der Waals surface area (Å²) in [7, 11) is 0. The number of hydrogen-bond donors (Lipinski definition) is 2. The highest BCUT2D eigenvalue weighted by atomic mass is 16.5. The molecule has 0 saturated heterocycles. The van der Waals surface area contributed by atoms with Crippen molar-refractivity contribution in [3.05, 3.63) is 23.9 Å². The van der Waals surface area contributed by atoms with Crippen molar-refractivity contribution < 1.29 is 14.6 Å². The Balaban J connectivity index is 1.51. The number of nitrogens with zero attached hydrogens (tertiary/aromatic N) is 1. The summed E-state index contributed by atoms with van der Waals surface area (Å²) in [6, 6.07) is 3.42. The summed E-state index contributed by atoms with van der Waals surface area (Å²) in [5.74, 6) is 0.812. The molecule has 2 aliphatic rings. The number of ether oxygens (including phenoxy) is 1. The number of nitrogens with one attached hydrogen (secondary N) is 1. The molecule has 0 radical (unpaired) electrons. The highest BCUT2D eigenvalue weighted by molar-refractivity contribution is 5.94. The first-order valence-electron chi connectivity index (χ1n) is 8.29. The van der Waals surface area contributed by atoms with E-state index in [1.54, 1.807) is 18.3 Å². The molecule has 1 aromatic rings. The molecular formula is C17H24N2O3. The molecule has 22 heavy (non-hydrogen) atoms. The summed E-state index contributed by atoms with van der Waals surface area (Å²) in [4.78, 5) is 16.4. The highest BCUT2D eigenvalue weighted by Gasteiger charge is 2.22. The molecule has 0 aromatic carbocycles. The Morgan fingerprint density at radius 3 is 2.86 bits per heavy atom. The van der Waals surface area contributed by atoms with Crippen molar-refractivity contribution in [1.82, 2.24) is 10.3 Å². The zero-order chi connectivity index (χ0) is 15.4. The first kappa shape index (κ1) is 15.3. The molecular weight excluding hydrogens is 280 g/mol. The van der Waals surface area contributed by atoms with Crippen molar-refractivity contribution >= 4 is 5.91 Å². The van der Waals surface area contributed by atoms with Gasteiger partial charge in [0.1, 0.15) is 6.10 Å². The fraction of sp³-hybridized carbons (Fsp3) is 0.647. The monoisotopic (exact) mass is 304 g/mol. The number of carbonyl (C=O) groups is 1. The van der Waals surface area contributed by atoms with Crippen molar-refractivity contribution in [2.75, 3.05) is 6.54 Å². The van der Waals surface area contributed by atoms with Crippen LogP contribution in [0.25, 0.3) is 0 Å². The van der Waals surface area contributed by atoms with E-state index in [0.29, 0.717) is 23.9 Å². The van der Waals surface area contributed by atoms with Crippen molar-refractivity contribution in [2.24, 2.45) is 5.92 Å². The maximum absolute atomic E-state index is 12.2. The lowest BCUT2D eigenvalue weighted by Crippen LogP contribution is -2.33. The fourth-order valence-electron chi connectivity index (χ4n) is 3.06. The lowest BCUT2D eigenvalue weighted by Gasteiger charge is -2.26. The predicted molar refractivity (Wildman–Crippen MR) is 82.8 cm³/mol. The molecule has 5 nitrogen and oxygen atoms in total. The van der Waals surface area contributed by atoms with Crippen LogP contribution in [-0.2, 0) is 0 Å². The second-order valence-corrected chi connectivity index (χ2v) is 6.45. The lowest BCUT2D eigenvalue weighted by atomic mass is 9.87. The number of aromatic nitrogens is 1. The normalized spacial score (nSPS) is 25.3. The third-order valence-electron chi connectivity index (χ3n) is 4.64. The molecule has 1 aromatic heterocycles. The van der Waals surface area contributed by atoms with Crippen molar-refractivity contribution in [1.29, 1.82) is 0 Å². The minimum Gasteiger partial charge on any atom is -0.474 e. The third-order valence-corrected chi connectivity index (χ3v) is 4.64. The van der Waals surface area contributed by atoms with E-state index in [0.717, 1.165) is 38.5 Å². The number of hydrogen-bond acceptors (Lipinski definition) is 4. The lowest BCUT2D eigenvalue weighted by molar-refractivity contribution is 0.0871. The summed E-state index contributed by atoms with van der Waals surface area (Å²) >= 11 is 0. The molecule has 1 amide bonds. The van der Waals surface area contributed by atoms with E-state index in [2.05, 4.69) is 10.3 Å². The van der Waals surface area contributed by atoms with E-state index in [1.807, 2.05) is 0 Å². The van der Waals surface area contributed by atoms with Crippen LogP contribution in [-0.4, -0.2) is 34.8 Å². The van der Waals surface area contributed by atoms with Gasteiger partial charge in [0.15, 0.2) is 0 Å². The third kappa shape index (κ3) is 3.97. The SMILES string of the molecule is O=C(NCC1CCCC(O)C1)c1ccnc(OC2CCC2)c1. The smallest absolute Gasteiger partial charge is 0.251 e. The van der Waals surface area contributed by atoms with E-state index in [1.165, 1.54) is 6.42 Å². The minimum absolute atomic E-state index is 0.0964. The van der Waals surface area contributed by atoms with Crippen LogP contribution in [0.2, 0.25) is 0 Å². The van der Waals surface area contributed by atoms with Gasteiger partial charge in [0.05, 0.1) is 6.10 Å². The number of amides is 1. The molecule has 3 rings (SSSR count). The maximum Gasteiger partial charge on any atom is 0.251 e. The molecule has 5 heteroatoms. The van der Waals surface area contributed by atoms with E-state index in [9.17, 15) is 9.90 Å². The zero-order valence-electron chi connectivity index (χ0n) is 12.8. The number of aliphatic hydroxyl groups excluding tert-OH is 1. The number of pyridine rings is 1. The zero-order valence-corrected chi connectivity index (χ0v) is 12.8. The van der Waals surface area contributed by atoms with Gasteiger partial charge >= 0.3 is 0 Å². The van der Waals surface area contributed by atoms with Gasteiger partial charge in [0, 0.05) is 24.4 Å². The molecule has 2 fully saturated rings. The average Bonchev–Trinajstić information content (AvgIpc) is 2.49. The predicted octanol–water partition coefficient (Wildman–Crippen LogP) is 2.29. The van der Waals surface area contributed by atoms with Gasteiger partial charge in [-0.1, -0.05) is 6.42 Å². The van der Waals surface area contributed by atoms with Crippen LogP contribution in [0.15, 0.2) is 18.3 Å². The molecule has 2 N–H and O–H groups in total. The van der Waals surface area contributed by atoms with E-state index < -0.39 is 0 Å². The Hall–Kier alpha value is -1.62. The number of rotatable bonds is 5. The van der Waals surface area contributed by atoms with Gasteiger partial charge in [0.25, 0.3) is 5.91 Å². The summed E-state index contributed by atoms with van der Waals surface area (Å²) in [6.07, 6.45) is 8.80. The van der Waals surface area contributed by atoms with Gasteiger partial charge in [0.2, 0.25) is 5.88 Å². The van der Waals surface area contributed by atoms with Gasteiger partial charge in [-0.2, -0.15) is 0 Å². The first-order chi connectivity index (χ1) is 10.7. The van der Waals surface area contributed by atoms with Crippen LogP contribution >= 0.6 is 0 Å². The Labute approximate surface area is 131 Å². The summed E-state index contributed by atoms with van der Waals surface area (Å²) in [5.41, 5.74) is 0.584. The van der Waals surface area contributed by atoms with E-state index >= 15 is 0 Å². The van der Waals surface area contributed by atoms with E-state index in [4.69, 9.17) is 4.74 Å². The molecule has 0 spiro atoms. The van der Waals surface area contributed by atoms with Crippen LogP contribution in [0, 0.1) is 5.92 Å². The van der Waals surface area contributed by atoms with Gasteiger partial charge in [-0.25, -0.2) is 4.98 Å². The van der Waals surface area contributed by atoms with Crippen LogP contribution in [0.5, 0.6) is 5.88 Å². The molecule has 2 atom stereocenters. The van der Waals surface area contributed by atoms with Gasteiger partial charge in [-0.05, 0) is 50.5 Å². The quantitative estimate of drug-likeness (QED) is 0.875. The summed E-state index contributed by atoms with van der Waals surface area (Å²) in [5, 5.41) is 12.6. The maximum atomic E-state index is 12.2. The fourth-order valence-corrected chi connectivity index (χ4v) is 3.06. The molecule has 2 aliphatic carbocycles. The Morgan fingerprint density at radius 1 is 1.32 bits per heavy atom. The van der Waals surface area contributed by atoms with Gasteiger partial charge in [-0.15, -0.1) is 0 Å². The molecule has 0 bridgehead atoms. The second-order valence-electron chi connectivity index (χ2n) is 6.45. The van der Waals surface area contributed by atoms with Crippen molar-refractivity contribution in [2.45, 2.75) is 57.2 Å². The summed E-state index contributed by atoms with van der Waals surface area (Å²) in [6.45, 7) is 0.622. The first-order valence-corrected chi connectivity index (χ1v) is 8.29. The van der Waals surface area contributed by atoms with Crippen LogP contribution in [0.4, 0.5) is 0 Å². The summed E-state index contributed by atoms with van der Waals surface area (Å²) < 4.78 is 5.73. The molecule has 2 saturated carbocycles. The van der Waals surface area contributed by atoms with Crippen LogP contribution in [0.1, 0.15) is 55.3 Å². The largest absolute Gasteiger partial charge is 0.474 e.